The predicted octanol–water partition coefficient (Wildman–Crippen LogP) is 4.49. The van der Waals surface area contributed by atoms with Crippen molar-refractivity contribution in [2.45, 2.75) is 25.7 Å². The van der Waals surface area contributed by atoms with Crippen LogP contribution < -0.4 is 15.6 Å². The highest BCUT2D eigenvalue weighted by Gasteiger charge is 2.16. The topological polar surface area (TPSA) is 121 Å². The molecule has 170 valence electrons. The molecule has 2 heterocycles. The maximum atomic E-state index is 13.4. The number of aromatic nitrogens is 3. The number of halogens is 1. The maximum absolute atomic E-state index is 13.4. The van der Waals surface area contributed by atoms with E-state index in [1.165, 1.54) is 43.3 Å². The summed E-state index contributed by atoms with van der Waals surface area (Å²) in [6, 6.07) is 12.0. The lowest BCUT2D eigenvalue weighted by molar-refractivity contribution is -0.384. The highest BCUT2D eigenvalue weighted by Crippen LogP contribution is 2.22. The number of hydrogen-bond acceptors (Lipinski definition) is 9. The summed E-state index contributed by atoms with van der Waals surface area (Å²) >= 11 is 0. The molecular formula is C22H23FN8O2. The third kappa shape index (κ3) is 6.19. The fourth-order valence-corrected chi connectivity index (χ4v) is 3.43. The Bertz CT molecular complexity index is 1130. The molecule has 0 bridgehead atoms. The second-order valence-electron chi connectivity index (χ2n) is 7.54. The van der Waals surface area contributed by atoms with E-state index < -0.39 is 4.92 Å². The van der Waals surface area contributed by atoms with E-state index in [4.69, 9.17) is 0 Å². The van der Waals surface area contributed by atoms with E-state index >= 15 is 0 Å². The molecule has 1 aliphatic rings. The van der Waals surface area contributed by atoms with Crippen molar-refractivity contribution in [2.75, 3.05) is 28.7 Å². The maximum Gasteiger partial charge on any atom is 0.269 e. The predicted molar refractivity (Wildman–Crippen MR) is 125 cm³/mol. The van der Waals surface area contributed by atoms with Crippen LogP contribution in [0.5, 0.6) is 0 Å². The van der Waals surface area contributed by atoms with Crippen molar-refractivity contribution >= 4 is 35.4 Å². The Balaban J connectivity index is 1.57. The highest BCUT2D eigenvalue weighted by atomic mass is 19.1. The van der Waals surface area contributed by atoms with Crippen LogP contribution in [0.3, 0.4) is 0 Å². The molecule has 0 aliphatic carbocycles. The fourth-order valence-electron chi connectivity index (χ4n) is 3.43. The Kier molecular flexibility index (Phi) is 6.98. The van der Waals surface area contributed by atoms with Gasteiger partial charge in [-0.3, -0.25) is 10.1 Å². The molecular weight excluding hydrogens is 427 g/mol. The first-order chi connectivity index (χ1) is 16.1. The van der Waals surface area contributed by atoms with Crippen molar-refractivity contribution < 1.29 is 9.31 Å². The Labute approximate surface area is 189 Å². The number of nitro groups is 1. The van der Waals surface area contributed by atoms with E-state index in [1.807, 2.05) is 0 Å². The minimum atomic E-state index is -0.456. The standard InChI is InChI=1S/C22H23FN8O2/c23-17-7-5-6-16(14-17)15-24-29-21-26-20(25-18-8-10-19(11-9-18)31(32)33)27-22(28-21)30-12-3-1-2-4-13-30/h5-11,14-15H,1-4,12-13H2,(H2,25,26,27,28,29). The van der Waals surface area contributed by atoms with Crippen LogP contribution in [0.2, 0.25) is 0 Å². The van der Waals surface area contributed by atoms with Crippen LogP contribution in [0, 0.1) is 15.9 Å². The van der Waals surface area contributed by atoms with Crippen molar-refractivity contribution in [3.63, 3.8) is 0 Å². The summed E-state index contributed by atoms with van der Waals surface area (Å²) in [7, 11) is 0. The van der Waals surface area contributed by atoms with Crippen LogP contribution in [-0.2, 0) is 0 Å². The molecule has 11 heteroatoms. The third-order valence-corrected chi connectivity index (χ3v) is 5.07. The fraction of sp³-hybridized carbons (Fsp3) is 0.273. The monoisotopic (exact) mass is 450 g/mol. The number of rotatable bonds is 7. The van der Waals surface area contributed by atoms with E-state index in [0.29, 0.717) is 17.2 Å². The van der Waals surface area contributed by atoms with Gasteiger partial charge in [-0.05, 0) is 42.7 Å². The number of anilines is 4. The van der Waals surface area contributed by atoms with Gasteiger partial charge >= 0.3 is 0 Å². The van der Waals surface area contributed by atoms with Gasteiger partial charge in [0.2, 0.25) is 17.8 Å². The van der Waals surface area contributed by atoms with Crippen molar-refractivity contribution in [1.29, 1.82) is 0 Å². The summed E-state index contributed by atoms with van der Waals surface area (Å²) in [6.07, 6.45) is 5.91. The van der Waals surface area contributed by atoms with Gasteiger partial charge in [0.15, 0.2) is 0 Å². The number of non-ortho nitro benzene ring substituents is 1. The normalized spacial score (nSPS) is 14.2. The lowest BCUT2D eigenvalue weighted by Gasteiger charge is -2.21. The molecule has 4 rings (SSSR count). The minimum absolute atomic E-state index is 0.00417. The van der Waals surface area contributed by atoms with Gasteiger partial charge in [0.05, 0.1) is 11.1 Å². The first-order valence-corrected chi connectivity index (χ1v) is 10.6. The zero-order valence-corrected chi connectivity index (χ0v) is 17.8. The molecule has 0 unspecified atom stereocenters. The van der Waals surface area contributed by atoms with Gasteiger partial charge < -0.3 is 10.2 Å². The molecule has 10 nitrogen and oxygen atoms in total. The molecule has 0 saturated carbocycles. The Morgan fingerprint density at radius 2 is 1.73 bits per heavy atom. The molecule has 1 fully saturated rings. The van der Waals surface area contributed by atoms with Crippen LogP contribution in [0.15, 0.2) is 53.6 Å². The van der Waals surface area contributed by atoms with Gasteiger partial charge in [0.25, 0.3) is 5.69 Å². The summed E-state index contributed by atoms with van der Waals surface area (Å²) < 4.78 is 13.4. The van der Waals surface area contributed by atoms with Crippen molar-refractivity contribution in [3.8, 4) is 0 Å². The van der Waals surface area contributed by atoms with Gasteiger partial charge in [-0.1, -0.05) is 25.0 Å². The molecule has 1 saturated heterocycles. The minimum Gasteiger partial charge on any atom is -0.341 e. The Morgan fingerprint density at radius 1 is 1.00 bits per heavy atom. The summed E-state index contributed by atoms with van der Waals surface area (Å²) in [5, 5.41) is 18.1. The van der Waals surface area contributed by atoms with Gasteiger partial charge in [-0.25, -0.2) is 9.82 Å². The SMILES string of the molecule is O=[N+]([O-])c1ccc(Nc2nc(NN=Cc3cccc(F)c3)nc(N3CCCCCC3)n2)cc1. The molecule has 2 N–H and O–H groups in total. The van der Waals surface area contributed by atoms with Crippen LogP contribution in [0.25, 0.3) is 0 Å². The summed E-state index contributed by atoms with van der Waals surface area (Å²) in [5.41, 5.74) is 3.97. The van der Waals surface area contributed by atoms with Crippen LogP contribution >= 0.6 is 0 Å². The molecule has 0 spiro atoms. The first kappa shape index (κ1) is 22.1. The van der Waals surface area contributed by atoms with E-state index in [1.54, 1.807) is 24.3 Å². The molecule has 2 aromatic carbocycles. The van der Waals surface area contributed by atoms with Gasteiger partial charge in [-0.2, -0.15) is 20.1 Å². The highest BCUT2D eigenvalue weighted by molar-refractivity contribution is 5.79. The van der Waals surface area contributed by atoms with Crippen molar-refractivity contribution in [2.24, 2.45) is 5.10 Å². The third-order valence-electron chi connectivity index (χ3n) is 5.07. The van der Waals surface area contributed by atoms with E-state index in [0.717, 1.165) is 25.9 Å². The van der Waals surface area contributed by atoms with E-state index in [-0.39, 0.29) is 23.4 Å². The number of nitrogens with zero attached hydrogens (tertiary/aromatic N) is 6. The summed E-state index contributed by atoms with van der Waals surface area (Å²) in [4.78, 5) is 26.0. The lowest BCUT2D eigenvalue weighted by atomic mass is 10.2. The molecule has 1 aliphatic heterocycles. The zero-order chi connectivity index (χ0) is 23.0. The number of nitrogens with one attached hydrogen (secondary N) is 2. The van der Waals surface area contributed by atoms with Gasteiger partial charge in [-0.15, -0.1) is 0 Å². The second kappa shape index (κ2) is 10.4. The Morgan fingerprint density at radius 3 is 2.42 bits per heavy atom. The Hall–Kier alpha value is -4.15. The first-order valence-electron chi connectivity index (χ1n) is 10.6. The number of hydrogen-bond donors (Lipinski definition) is 2. The molecule has 0 atom stereocenters. The molecule has 3 aromatic rings. The van der Waals surface area contributed by atoms with Crippen LogP contribution in [0.4, 0.5) is 33.6 Å². The zero-order valence-electron chi connectivity index (χ0n) is 17.8. The average Bonchev–Trinajstić information content (AvgIpc) is 3.09. The molecule has 1 aromatic heterocycles. The van der Waals surface area contributed by atoms with Crippen LogP contribution in [-0.4, -0.2) is 39.2 Å². The van der Waals surface area contributed by atoms with Crippen molar-refractivity contribution in [1.82, 2.24) is 15.0 Å². The van der Waals surface area contributed by atoms with Crippen molar-refractivity contribution in [3.05, 3.63) is 70.0 Å². The van der Waals surface area contributed by atoms with E-state index in [9.17, 15) is 14.5 Å². The van der Waals surface area contributed by atoms with Crippen LogP contribution in [0.1, 0.15) is 31.2 Å². The second-order valence-corrected chi connectivity index (χ2v) is 7.54. The number of hydrazone groups is 1. The molecule has 0 radical (unpaired) electrons. The van der Waals surface area contributed by atoms with E-state index in [2.05, 4.69) is 35.7 Å². The summed E-state index contributed by atoms with van der Waals surface area (Å²) in [5.74, 6) is 0.666. The van der Waals surface area contributed by atoms with Gasteiger partial charge in [0.1, 0.15) is 5.82 Å². The largest absolute Gasteiger partial charge is 0.341 e. The quantitative estimate of drug-likeness (QED) is 0.307. The number of benzene rings is 2. The smallest absolute Gasteiger partial charge is 0.269 e. The summed E-state index contributed by atoms with van der Waals surface area (Å²) in [6.45, 7) is 1.68. The number of nitro benzene ring substituents is 1. The average molecular weight is 450 g/mol. The molecule has 33 heavy (non-hydrogen) atoms. The lowest BCUT2D eigenvalue weighted by Crippen LogP contribution is -2.26. The molecule has 0 amide bonds. The van der Waals surface area contributed by atoms with Gasteiger partial charge in [0, 0.05) is 30.9 Å².